The van der Waals surface area contributed by atoms with Crippen LogP contribution in [0.3, 0.4) is 0 Å². The van der Waals surface area contributed by atoms with E-state index in [4.69, 9.17) is 5.11 Å². The number of halogens is 1. The molecule has 0 aliphatic heterocycles. The number of carboxylic acid groups (broad SMARTS) is 1. The number of carbonyl (C=O) groups excluding carboxylic acids is 1. The van der Waals surface area contributed by atoms with E-state index in [9.17, 15) is 18.0 Å². The average molecular weight is 364 g/mol. The van der Waals surface area contributed by atoms with Crippen LogP contribution in [0.25, 0.3) is 0 Å². The second-order valence-corrected chi connectivity index (χ2v) is 7.30. The van der Waals surface area contributed by atoms with E-state index in [1.165, 1.54) is 0 Å². The molecule has 0 spiro atoms. The zero-order valence-corrected chi connectivity index (χ0v) is 13.1. The molecular weight excluding hydrogens is 350 g/mol. The maximum atomic E-state index is 12.0. The summed E-state index contributed by atoms with van der Waals surface area (Å²) in [5.74, 6) is -2.89. The van der Waals surface area contributed by atoms with E-state index >= 15 is 0 Å². The van der Waals surface area contributed by atoms with Crippen LogP contribution in [0.15, 0.2) is 28.7 Å². The average Bonchev–Trinajstić information content (AvgIpc) is 2.26. The standard InChI is InChI=1S/C12H14BrNO5S/c1-8(15)14-11(12(16)17)7-20(18,19)6-9-3-2-4-10(13)5-9/h2-5,11H,6-7H2,1H3,(H,14,15)(H,16,17). The second kappa shape index (κ2) is 6.85. The lowest BCUT2D eigenvalue weighted by Gasteiger charge is -2.13. The monoisotopic (exact) mass is 363 g/mol. The van der Waals surface area contributed by atoms with Gasteiger partial charge in [-0.05, 0) is 17.7 Å². The quantitative estimate of drug-likeness (QED) is 0.783. The Labute approximate surface area is 125 Å². The number of rotatable bonds is 6. The molecule has 0 saturated heterocycles. The SMILES string of the molecule is CC(=O)NC(CS(=O)(=O)Cc1cccc(Br)c1)C(=O)O. The molecule has 0 radical (unpaired) electrons. The highest BCUT2D eigenvalue weighted by Crippen LogP contribution is 2.14. The Balaban J connectivity index is 2.82. The van der Waals surface area contributed by atoms with Crippen LogP contribution in [0.4, 0.5) is 0 Å². The van der Waals surface area contributed by atoms with E-state index in [0.717, 1.165) is 11.4 Å². The predicted octanol–water partition coefficient (Wildman–Crippen LogP) is 0.953. The molecule has 0 saturated carbocycles. The highest BCUT2D eigenvalue weighted by Gasteiger charge is 2.26. The smallest absolute Gasteiger partial charge is 0.327 e. The first kappa shape index (κ1) is 16.6. The predicted molar refractivity (Wildman–Crippen MR) is 76.9 cm³/mol. The van der Waals surface area contributed by atoms with Crippen molar-refractivity contribution in [3.63, 3.8) is 0 Å². The summed E-state index contributed by atoms with van der Waals surface area (Å²) in [6.07, 6.45) is 0. The van der Waals surface area contributed by atoms with Gasteiger partial charge in [0.25, 0.3) is 0 Å². The third-order valence-electron chi connectivity index (χ3n) is 2.37. The minimum atomic E-state index is -3.66. The van der Waals surface area contributed by atoms with Crippen molar-refractivity contribution < 1.29 is 23.1 Å². The molecule has 0 bridgehead atoms. The number of hydrogen-bond acceptors (Lipinski definition) is 4. The molecule has 0 heterocycles. The lowest BCUT2D eigenvalue weighted by Crippen LogP contribution is -2.44. The van der Waals surface area contributed by atoms with E-state index in [1.807, 2.05) is 0 Å². The molecular formula is C12H14BrNO5S. The summed E-state index contributed by atoms with van der Waals surface area (Å²) >= 11 is 3.23. The minimum absolute atomic E-state index is 0.282. The van der Waals surface area contributed by atoms with Gasteiger partial charge in [0.1, 0.15) is 6.04 Å². The molecule has 20 heavy (non-hydrogen) atoms. The Bertz CT molecular complexity index is 614. The van der Waals surface area contributed by atoms with Crippen LogP contribution in [-0.2, 0) is 25.2 Å². The molecule has 0 aliphatic carbocycles. The van der Waals surface area contributed by atoms with E-state index in [-0.39, 0.29) is 5.75 Å². The van der Waals surface area contributed by atoms with Gasteiger partial charge in [0.15, 0.2) is 9.84 Å². The highest BCUT2D eigenvalue weighted by molar-refractivity contribution is 9.10. The lowest BCUT2D eigenvalue weighted by atomic mass is 10.2. The fourth-order valence-electron chi connectivity index (χ4n) is 1.61. The Morgan fingerprint density at radius 2 is 2.05 bits per heavy atom. The Kier molecular flexibility index (Phi) is 5.70. The fourth-order valence-corrected chi connectivity index (χ4v) is 3.60. The van der Waals surface area contributed by atoms with E-state index in [1.54, 1.807) is 24.3 Å². The maximum absolute atomic E-state index is 12.0. The van der Waals surface area contributed by atoms with Crippen molar-refractivity contribution in [2.24, 2.45) is 0 Å². The van der Waals surface area contributed by atoms with E-state index in [2.05, 4.69) is 21.2 Å². The van der Waals surface area contributed by atoms with Gasteiger partial charge >= 0.3 is 5.97 Å². The maximum Gasteiger partial charge on any atom is 0.327 e. The number of carbonyl (C=O) groups is 2. The van der Waals surface area contributed by atoms with Crippen molar-refractivity contribution in [1.29, 1.82) is 0 Å². The third-order valence-corrected chi connectivity index (χ3v) is 4.48. The van der Waals surface area contributed by atoms with Gasteiger partial charge in [-0.3, -0.25) is 4.79 Å². The number of hydrogen-bond donors (Lipinski definition) is 2. The van der Waals surface area contributed by atoms with Gasteiger partial charge in [-0.2, -0.15) is 0 Å². The molecule has 110 valence electrons. The summed E-state index contributed by atoms with van der Waals surface area (Å²) in [5, 5.41) is 11.0. The zero-order valence-electron chi connectivity index (χ0n) is 10.7. The Hall–Kier alpha value is -1.41. The minimum Gasteiger partial charge on any atom is -0.480 e. The summed E-state index contributed by atoms with van der Waals surface area (Å²) in [5.41, 5.74) is 0.548. The van der Waals surface area contributed by atoms with Crippen molar-refractivity contribution in [3.05, 3.63) is 34.3 Å². The van der Waals surface area contributed by atoms with Crippen molar-refractivity contribution in [2.45, 2.75) is 18.7 Å². The second-order valence-electron chi connectivity index (χ2n) is 4.28. The molecule has 1 aromatic rings. The van der Waals surface area contributed by atoms with Crippen LogP contribution in [-0.4, -0.2) is 37.2 Å². The molecule has 1 unspecified atom stereocenters. The van der Waals surface area contributed by atoms with Gasteiger partial charge in [-0.25, -0.2) is 13.2 Å². The van der Waals surface area contributed by atoms with Gasteiger partial charge in [-0.15, -0.1) is 0 Å². The van der Waals surface area contributed by atoms with Gasteiger partial charge in [0, 0.05) is 11.4 Å². The van der Waals surface area contributed by atoms with Crippen LogP contribution in [0.2, 0.25) is 0 Å². The number of nitrogens with one attached hydrogen (secondary N) is 1. The number of aliphatic carboxylic acids is 1. The first-order valence-electron chi connectivity index (χ1n) is 5.64. The van der Waals surface area contributed by atoms with E-state index < -0.39 is 33.5 Å². The Morgan fingerprint density at radius 3 is 2.55 bits per heavy atom. The van der Waals surface area contributed by atoms with E-state index in [0.29, 0.717) is 5.56 Å². The number of sulfone groups is 1. The van der Waals surface area contributed by atoms with Crippen LogP contribution in [0.1, 0.15) is 12.5 Å². The van der Waals surface area contributed by atoms with Gasteiger partial charge in [0.2, 0.25) is 5.91 Å². The number of benzene rings is 1. The fraction of sp³-hybridized carbons (Fsp3) is 0.333. The molecule has 1 rings (SSSR count). The third kappa shape index (κ3) is 5.70. The molecule has 1 atom stereocenters. The number of amides is 1. The largest absolute Gasteiger partial charge is 0.480 e. The first-order chi connectivity index (χ1) is 9.19. The molecule has 1 amide bonds. The summed E-state index contributed by atoms with van der Waals surface area (Å²) in [6, 6.07) is 5.29. The summed E-state index contributed by atoms with van der Waals surface area (Å²) in [7, 11) is -3.66. The Morgan fingerprint density at radius 1 is 1.40 bits per heavy atom. The summed E-state index contributed by atoms with van der Waals surface area (Å²) < 4.78 is 24.7. The molecule has 0 aliphatic rings. The molecule has 6 nitrogen and oxygen atoms in total. The normalized spacial score (nSPS) is 12.7. The van der Waals surface area contributed by atoms with Crippen molar-refractivity contribution in [1.82, 2.24) is 5.32 Å². The molecule has 0 aromatic heterocycles. The van der Waals surface area contributed by atoms with Crippen LogP contribution >= 0.6 is 15.9 Å². The zero-order chi connectivity index (χ0) is 15.3. The van der Waals surface area contributed by atoms with Crippen molar-refractivity contribution >= 4 is 37.6 Å². The van der Waals surface area contributed by atoms with Gasteiger partial charge < -0.3 is 10.4 Å². The van der Waals surface area contributed by atoms with Crippen molar-refractivity contribution in [2.75, 3.05) is 5.75 Å². The van der Waals surface area contributed by atoms with Crippen LogP contribution < -0.4 is 5.32 Å². The van der Waals surface area contributed by atoms with Crippen LogP contribution in [0.5, 0.6) is 0 Å². The molecule has 1 aromatic carbocycles. The summed E-state index contributed by atoms with van der Waals surface area (Å²) in [6.45, 7) is 1.14. The molecule has 2 N–H and O–H groups in total. The van der Waals surface area contributed by atoms with Crippen molar-refractivity contribution in [3.8, 4) is 0 Å². The van der Waals surface area contributed by atoms with Gasteiger partial charge in [-0.1, -0.05) is 28.1 Å². The number of carboxylic acids is 1. The lowest BCUT2D eigenvalue weighted by molar-refractivity contribution is -0.140. The molecule has 8 heteroatoms. The topological polar surface area (TPSA) is 101 Å². The van der Waals surface area contributed by atoms with Gasteiger partial charge in [0.05, 0.1) is 11.5 Å². The van der Waals surface area contributed by atoms with Crippen LogP contribution in [0, 0.1) is 0 Å². The molecule has 0 fully saturated rings. The highest BCUT2D eigenvalue weighted by atomic mass is 79.9. The first-order valence-corrected chi connectivity index (χ1v) is 8.26. The summed E-state index contributed by atoms with van der Waals surface area (Å²) in [4.78, 5) is 21.8.